The second-order valence-electron chi connectivity index (χ2n) is 6.15. The maximum absolute atomic E-state index is 10.9. The Morgan fingerprint density at radius 3 is 2.79 bits per heavy atom. The summed E-state index contributed by atoms with van der Waals surface area (Å²) in [6.45, 7) is 0.141. The number of aliphatic hydroxyl groups excluding tert-OH is 2. The van der Waals surface area contributed by atoms with E-state index in [1.165, 1.54) is 17.7 Å². The Bertz CT molecular complexity index is 749. The van der Waals surface area contributed by atoms with Gasteiger partial charge in [0.05, 0.1) is 23.2 Å². The van der Waals surface area contributed by atoms with Crippen LogP contribution in [-0.2, 0) is 12.0 Å². The molecule has 0 saturated heterocycles. The minimum Gasteiger partial charge on any atom is -0.394 e. The molecule has 2 aromatic carbocycles. The van der Waals surface area contributed by atoms with Gasteiger partial charge in [-0.15, -0.1) is 0 Å². The molecule has 0 fully saturated rings. The fourth-order valence-electron chi connectivity index (χ4n) is 3.35. The summed E-state index contributed by atoms with van der Waals surface area (Å²) < 4.78 is 0. The van der Waals surface area contributed by atoms with E-state index in [0.29, 0.717) is 5.56 Å². The zero-order valence-electron chi connectivity index (χ0n) is 13.2. The van der Waals surface area contributed by atoms with Gasteiger partial charge in [-0.2, -0.15) is 0 Å². The molecule has 3 rings (SSSR count). The van der Waals surface area contributed by atoms with Crippen LogP contribution >= 0.6 is 0 Å². The molecule has 2 atom stereocenters. The molecule has 0 bridgehead atoms. The fraction of sp³-hybridized carbons (Fsp3) is 0.333. The first kappa shape index (κ1) is 16.6. The first-order valence-electron chi connectivity index (χ1n) is 7.92. The average molecular weight is 328 g/mol. The largest absolute Gasteiger partial charge is 0.394 e. The van der Waals surface area contributed by atoms with Crippen LogP contribution < -0.4 is 5.32 Å². The lowest BCUT2D eigenvalue weighted by atomic mass is 9.92. The van der Waals surface area contributed by atoms with Gasteiger partial charge in [-0.3, -0.25) is 10.1 Å². The van der Waals surface area contributed by atoms with Crippen molar-refractivity contribution in [2.24, 2.45) is 0 Å². The van der Waals surface area contributed by atoms with Crippen molar-refractivity contribution in [1.82, 2.24) is 5.32 Å². The molecule has 0 aromatic heterocycles. The number of nitrogens with one attached hydrogen (secondary N) is 1. The standard InChI is InChI=1S/C18H20N2O4/c21-12-18(9-8-13-4-1-2-7-16(13)18)19-11-17(22)14-5-3-6-15(10-14)20(23)24/h1-7,10,17,19,21-22H,8-9,11-12H2. The topological polar surface area (TPSA) is 95.6 Å². The number of non-ortho nitro benzene ring substituents is 1. The lowest BCUT2D eigenvalue weighted by Gasteiger charge is -2.31. The number of fused-ring (bicyclic) bond motifs is 1. The Hall–Kier alpha value is -2.28. The van der Waals surface area contributed by atoms with E-state index in [4.69, 9.17) is 0 Å². The molecule has 0 aliphatic heterocycles. The number of hydrogen-bond donors (Lipinski definition) is 3. The molecule has 24 heavy (non-hydrogen) atoms. The maximum atomic E-state index is 10.9. The van der Waals surface area contributed by atoms with Crippen LogP contribution in [0.5, 0.6) is 0 Å². The lowest BCUT2D eigenvalue weighted by molar-refractivity contribution is -0.385. The molecule has 6 nitrogen and oxygen atoms in total. The van der Waals surface area contributed by atoms with Gasteiger partial charge in [-0.25, -0.2) is 0 Å². The van der Waals surface area contributed by atoms with Crippen LogP contribution in [0.2, 0.25) is 0 Å². The molecule has 0 radical (unpaired) electrons. The van der Waals surface area contributed by atoms with Crippen molar-refractivity contribution in [2.75, 3.05) is 13.2 Å². The van der Waals surface area contributed by atoms with Gasteiger partial charge in [0.15, 0.2) is 0 Å². The minimum atomic E-state index is -0.888. The number of aliphatic hydroxyl groups is 2. The van der Waals surface area contributed by atoms with Crippen molar-refractivity contribution >= 4 is 5.69 Å². The minimum absolute atomic E-state index is 0.0466. The highest BCUT2D eigenvalue weighted by Gasteiger charge is 2.37. The van der Waals surface area contributed by atoms with Gasteiger partial charge in [-0.05, 0) is 29.5 Å². The zero-order chi connectivity index (χ0) is 17.2. The second-order valence-corrected chi connectivity index (χ2v) is 6.15. The molecule has 2 unspecified atom stereocenters. The Kier molecular flexibility index (Phi) is 4.62. The van der Waals surface area contributed by atoms with Crippen molar-refractivity contribution < 1.29 is 15.1 Å². The molecule has 1 aliphatic rings. The number of benzene rings is 2. The van der Waals surface area contributed by atoms with Crippen LogP contribution in [0.4, 0.5) is 5.69 Å². The Morgan fingerprint density at radius 1 is 1.25 bits per heavy atom. The molecule has 0 heterocycles. The number of nitro groups is 1. The van der Waals surface area contributed by atoms with Gasteiger partial charge in [0.25, 0.3) is 5.69 Å². The zero-order valence-corrected chi connectivity index (χ0v) is 13.2. The van der Waals surface area contributed by atoms with E-state index >= 15 is 0 Å². The van der Waals surface area contributed by atoms with E-state index in [0.717, 1.165) is 18.4 Å². The molecule has 3 N–H and O–H groups in total. The molecular formula is C18H20N2O4. The third-order valence-corrected chi connectivity index (χ3v) is 4.72. The number of nitro benzene ring substituents is 1. The predicted molar refractivity (Wildman–Crippen MR) is 89.6 cm³/mol. The van der Waals surface area contributed by atoms with Gasteiger partial charge in [-0.1, -0.05) is 36.4 Å². The molecule has 6 heteroatoms. The summed E-state index contributed by atoms with van der Waals surface area (Å²) in [5, 5.41) is 34.4. The van der Waals surface area contributed by atoms with E-state index in [1.54, 1.807) is 12.1 Å². The number of rotatable bonds is 6. The smallest absolute Gasteiger partial charge is 0.269 e. The van der Waals surface area contributed by atoms with Gasteiger partial charge in [0.1, 0.15) is 0 Å². The monoisotopic (exact) mass is 328 g/mol. The van der Waals surface area contributed by atoms with Gasteiger partial charge >= 0.3 is 0 Å². The Labute approximate surface area is 139 Å². The number of hydrogen-bond acceptors (Lipinski definition) is 5. The predicted octanol–water partition coefficient (Wildman–Crippen LogP) is 2.05. The van der Waals surface area contributed by atoms with E-state index in [9.17, 15) is 20.3 Å². The quantitative estimate of drug-likeness (QED) is 0.557. The second kappa shape index (κ2) is 6.68. The van der Waals surface area contributed by atoms with Crippen LogP contribution in [0.3, 0.4) is 0 Å². The average Bonchev–Trinajstić information content (AvgIpc) is 2.99. The highest BCUT2D eigenvalue weighted by molar-refractivity contribution is 5.39. The van der Waals surface area contributed by atoms with Crippen LogP contribution in [0.15, 0.2) is 48.5 Å². The molecule has 2 aromatic rings. The molecule has 0 saturated carbocycles. The van der Waals surface area contributed by atoms with Crippen LogP contribution in [0.25, 0.3) is 0 Å². The van der Waals surface area contributed by atoms with Crippen molar-refractivity contribution in [3.8, 4) is 0 Å². The summed E-state index contributed by atoms with van der Waals surface area (Å²) in [5.74, 6) is 0. The van der Waals surface area contributed by atoms with Crippen molar-refractivity contribution in [2.45, 2.75) is 24.5 Å². The van der Waals surface area contributed by atoms with Crippen LogP contribution in [0.1, 0.15) is 29.2 Å². The van der Waals surface area contributed by atoms with E-state index < -0.39 is 16.6 Å². The number of aryl methyl sites for hydroxylation is 1. The Balaban J connectivity index is 1.75. The first-order chi connectivity index (χ1) is 11.6. The summed E-state index contributed by atoms with van der Waals surface area (Å²) in [6, 6.07) is 13.9. The molecular weight excluding hydrogens is 308 g/mol. The van der Waals surface area contributed by atoms with Crippen molar-refractivity contribution in [1.29, 1.82) is 0 Å². The molecule has 0 spiro atoms. The van der Waals surface area contributed by atoms with E-state index in [1.807, 2.05) is 24.3 Å². The molecule has 126 valence electrons. The molecule has 1 aliphatic carbocycles. The SMILES string of the molecule is O=[N+]([O-])c1cccc(C(O)CNC2(CO)CCc3ccccc32)c1. The van der Waals surface area contributed by atoms with Crippen molar-refractivity contribution in [3.05, 3.63) is 75.3 Å². The first-order valence-corrected chi connectivity index (χ1v) is 7.92. The van der Waals surface area contributed by atoms with Gasteiger partial charge < -0.3 is 15.5 Å². The normalized spacial score (nSPS) is 20.6. The third kappa shape index (κ3) is 3.03. The highest BCUT2D eigenvalue weighted by Crippen LogP contribution is 2.36. The van der Waals surface area contributed by atoms with Crippen LogP contribution in [-0.4, -0.2) is 28.3 Å². The van der Waals surface area contributed by atoms with Gasteiger partial charge in [0, 0.05) is 18.7 Å². The number of nitrogens with zero attached hydrogens (tertiary/aromatic N) is 1. The van der Waals surface area contributed by atoms with Crippen LogP contribution in [0, 0.1) is 10.1 Å². The van der Waals surface area contributed by atoms with E-state index in [-0.39, 0.29) is 18.8 Å². The molecule has 0 amide bonds. The maximum Gasteiger partial charge on any atom is 0.269 e. The summed E-state index contributed by atoms with van der Waals surface area (Å²) in [5.41, 5.74) is 2.12. The summed E-state index contributed by atoms with van der Waals surface area (Å²) >= 11 is 0. The Morgan fingerprint density at radius 2 is 2.04 bits per heavy atom. The van der Waals surface area contributed by atoms with Gasteiger partial charge in [0.2, 0.25) is 0 Å². The third-order valence-electron chi connectivity index (χ3n) is 4.72. The van der Waals surface area contributed by atoms with E-state index in [2.05, 4.69) is 5.32 Å². The van der Waals surface area contributed by atoms with Crippen molar-refractivity contribution in [3.63, 3.8) is 0 Å². The summed E-state index contributed by atoms with van der Waals surface area (Å²) in [6.07, 6.45) is 0.738. The summed E-state index contributed by atoms with van der Waals surface area (Å²) in [7, 11) is 0. The highest BCUT2D eigenvalue weighted by atomic mass is 16.6. The lowest BCUT2D eigenvalue weighted by Crippen LogP contribution is -2.45. The summed E-state index contributed by atoms with van der Waals surface area (Å²) in [4.78, 5) is 10.4. The fourth-order valence-corrected chi connectivity index (χ4v) is 3.35.